The lowest BCUT2D eigenvalue weighted by Gasteiger charge is -2.36. The van der Waals surface area contributed by atoms with Gasteiger partial charge >= 0.3 is 0 Å². The number of aromatic nitrogens is 2. The van der Waals surface area contributed by atoms with Gasteiger partial charge in [-0.05, 0) is 38.3 Å². The summed E-state index contributed by atoms with van der Waals surface area (Å²) in [7, 11) is 0. The van der Waals surface area contributed by atoms with Crippen LogP contribution in [0.15, 0.2) is 29.1 Å². The van der Waals surface area contributed by atoms with E-state index in [1.54, 1.807) is 0 Å². The van der Waals surface area contributed by atoms with Gasteiger partial charge in [0.25, 0.3) is 5.56 Å². The molecule has 0 spiro atoms. The molecule has 1 aromatic heterocycles. The van der Waals surface area contributed by atoms with Gasteiger partial charge in [0, 0.05) is 11.6 Å². The number of aromatic amines is 1. The first-order chi connectivity index (χ1) is 12.9. The summed E-state index contributed by atoms with van der Waals surface area (Å²) in [6.07, 6.45) is 1.53. The predicted molar refractivity (Wildman–Crippen MR) is 108 cm³/mol. The highest BCUT2D eigenvalue weighted by Gasteiger charge is 2.36. The first-order valence-electron chi connectivity index (χ1n) is 9.00. The number of benzene rings is 1. The third-order valence-corrected chi connectivity index (χ3v) is 6.68. The maximum absolute atomic E-state index is 12.9. The molecule has 2 N–H and O–H groups in total. The monoisotopic (exact) mass is 407 g/mol. The second-order valence-corrected chi connectivity index (χ2v) is 9.09. The molecule has 0 aliphatic carbocycles. The molecular formula is C19H22ClN3O3S. The molecule has 3 heterocycles. The van der Waals surface area contributed by atoms with E-state index in [9.17, 15) is 9.59 Å². The molecule has 144 valence electrons. The van der Waals surface area contributed by atoms with Crippen molar-refractivity contribution >= 4 is 35.1 Å². The highest BCUT2D eigenvalue weighted by molar-refractivity contribution is 8.00. The number of nitrogens with zero attached hydrogens (tertiary/aromatic N) is 1. The van der Waals surface area contributed by atoms with Crippen molar-refractivity contribution in [2.75, 3.05) is 17.7 Å². The summed E-state index contributed by atoms with van der Waals surface area (Å²) >= 11 is 7.83. The normalized spacial score (nSPS) is 24.8. The standard InChI is InChI=1S/C19H22ClN3O3S/c1-19(2)9-11(7-8-26-19)23-17-15(18(25)22-23)16(27-10-14(24)21-17)12-5-3-4-6-13(12)20/h3-6,11,16H,7-10H2,1-2H3,(H,21,24)(H,22,25)/t11-,16+/m1/s1. The molecule has 1 fully saturated rings. The summed E-state index contributed by atoms with van der Waals surface area (Å²) < 4.78 is 7.63. The smallest absolute Gasteiger partial charge is 0.270 e. The van der Waals surface area contributed by atoms with Crippen LogP contribution in [-0.2, 0) is 9.53 Å². The number of rotatable bonds is 2. The Bertz CT molecular complexity index is 937. The van der Waals surface area contributed by atoms with Crippen LogP contribution >= 0.6 is 23.4 Å². The Morgan fingerprint density at radius 3 is 2.81 bits per heavy atom. The van der Waals surface area contributed by atoms with Gasteiger partial charge in [-0.25, -0.2) is 0 Å². The molecule has 1 aromatic carbocycles. The Kier molecular flexibility index (Phi) is 4.86. The topological polar surface area (TPSA) is 76.1 Å². The SMILES string of the molecule is CC1(C)C[C@H](n2[nH]c(=O)c3c2NC(=O)CS[C@H]3c2ccccc2Cl)CCO1. The van der Waals surface area contributed by atoms with Crippen LogP contribution in [-0.4, -0.2) is 33.6 Å². The van der Waals surface area contributed by atoms with Gasteiger partial charge in [-0.15, -0.1) is 11.8 Å². The van der Waals surface area contributed by atoms with E-state index < -0.39 is 0 Å². The Morgan fingerprint density at radius 2 is 2.07 bits per heavy atom. The van der Waals surface area contributed by atoms with Crippen molar-refractivity contribution in [2.45, 2.75) is 43.6 Å². The Labute approximate surface area is 166 Å². The van der Waals surface area contributed by atoms with Gasteiger partial charge in [-0.2, -0.15) is 0 Å². The lowest BCUT2D eigenvalue weighted by atomic mass is 9.94. The molecular weight excluding hydrogens is 386 g/mol. The third kappa shape index (κ3) is 3.56. The van der Waals surface area contributed by atoms with Crippen LogP contribution in [0.3, 0.4) is 0 Å². The van der Waals surface area contributed by atoms with Crippen LogP contribution in [0.25, 0.3) is 0 Å². The van der Waals surface area contributed by atoms with Crippen molar-refractivity contribution in [3.8, 4) is 0 Å². The first-order valence-corrected chi connectivity index (χ1v) is 10.4. The average molecular weight is 408 g/mol. The minimum absolute atomic E-state index is 0.0560. The van der Waals surface area contributed by atoms with E-state index in [-0.39, 0.29) is 34.1 Å². The molecule has 6 nitrogen and oxygen atoms in total. The number of hydrogen-bond acceptors (Lipinski definition) is 4. The number of thioether (sulfide) groups is 1. The summed E-state index contributed by atoms with van der Waals surface area (Å²) in [5, 5.41) is 6.20. The van der Waals surface area contributed by atoms with E-state index in [1.165, 1.54) is 11.8 Å². The fourth-order valence-electron chi connectivity index (χ4n) is 3.87. The van der Waals surface area contributed by atoms with Gasteiger partial charge in [0.05, 0.1) is 28.2 Å². The third-order valence-electron chi connectivity index (χ3n) is 5.09. The molecule has 4 rings (SSSR count). The maximum Gasteiger partial charge on any atom is 0.270 e. The summed E-state index contributed by atoms with van der Waals surface area (Å²) in [4.78, 5) is 25.3. The molecule has 8 heteroatoms. The van der Waals surface area contributed by atoms with Crippen molar-refractivity contribution in [3.63, 3.8) is 0 Å². The lowest BCUT2D eigenvalue weighted by Crippen LogP contribution is -2.36. The number of ether oxygens (including phenoxy) is 1. The van der Waals surface area contributed by atoms with Gasteiger partial charge in [-0.1, -0.05) is 29.8 Å². The van der Waals surface area contributed by atoms with Gasteiger partial charge in [0.1, 0.15) is 5.82 Å². The number of carbonyl (C=O) groups is 1. The second-order valence-electron chi connectivity index (χ2n) is 7.59. The number of hydrogen-bond donors (Lipinski definition) is 2. The van der Waals surface area contributed by atoms with Crippen molar-refractivity contribution < 1.29 is 9.53 Å². The Balaban J connectivity index is 1.83. The molecule has 0 saturated carbocycles. The van der Waals surface area contributed by atoms with Gasteiger partial charge in [0.2, 0.25) is 5.91 Å². The molecule has 1 saturated heterocycles. The van der Waals surface area contributed by atoms with Crippen LogP contribution in [0.2, 0.25) is 5.02 Å². The molecule has 2 aliphatic heterocycles. The van der Waals surface area contributed by atoms with Gasteiger partial charge in [-0.3, -0.25) is 19.4 Å². The predicted octanol–water partition coefficient (Wildman–Crippen LogP) is 3.73. The van der Waals surface area contributed by atoms with Crippen LogP contribution in [0.5, 0.6) is 0 Å². The second kappa shape index (κ2) is 7.04. The molecule has 27 heavy (non-hydrogen) atoms. The van der Waals surface area contributed by atoms with E-state index in [0.29, 0.717) is 23.0 Å². The van der Waals surface area contributed by atoms with E-state index >= 15 is 0 Å². The fourth-order valence-corrected chi connectivity index (χ4v) is 5.34. The van der Waals surface area contributed by atoms with Crippen LogP contribution < -0.4 is 10.9 Å². The molecule has 2 aromatic rings. The zero-order valence-electron chi connectivity index (χ0n) is 15.3. The molecule has 2 atom stereocenters. The van der Waals surface area contributed by atoms with E-state index in [4.69, 9.17) is 16.3 Å². The molecule has 1 amide bonds. The zero-order valence-corrected chi connectivity index (χ0v) is 16.8. The van der Waals surface area contributed by atoms with Crippen LogP contribution in [0, 0.1) is 0 Å². The minimum atomic E-state index is -0.300. The number of anilines is 1. The zero-order chi connectivity index (χ0) is 19.2. The largest absolute Gasteiger partial charge is 0.375 e. The summed E-state index contributed by atoms with van der Waals surface area (Å²) in [6, 6.07) is 7.53. The van der Waals surface area contributed by atoms with Gasteiger partial charge < -0.3 is 10.1 Å². The number of carbonyl (C=O) groups excluding carboxylic acids is 1. The van der Waals surface area contributed by atoms with Crippen molar-refractivity contribution in [1.82, 2.24) is 9.78 Å². The highest BCUT2D eigenvalue weighted by Crippen LogP contribution is 2.43. The van der Waals surface area contributed by atoms with E-state index in [0.717, 1.165) is 18.4 Å². The van der Waals surface area contributed by atoms with E-state index in [2.05, 4.69) is 10.4 Å². The Hall–Kier alpha value is -1.70. The van der Waals surface area contributed by atoms with Crippen molar-refractivity contribution in [1.29, 1.82) is 0 Å². The lowest BCUT2D eigenvalue weighted by molar-refractivity contribution is -0.113. The molecule has 0 radical (unpaired) electrons. The van der Waals surface area contributed by atoms with Crippen molar-refractivity contribution in [2.24, 2.45) is 0 Å². The number of amides is 1. The summed E-state index contributed by atoms with van der Waals surface area (Å²) in [5.74, 6) is 0.709. The van der Waals surface area contributed by atoms with E-state index in [1.807, 2.05) is 42.8 Å². The average Bonchev–Trinajstić information content (AvgIpc) is 2.81. The molecule has 0 unspecified atom stereocenters. The van der Waals surface area contributed by atoms with Crippen molar-refractivity contribution in [3.05, 3.63) is 50.8 Å². The maximum atomic E-state index is 12.9. The molecule has 2 aliphatic rings. The summed E-state index contributed by atoms with van der Waals surface area (Å²) in [5.41, 5.74) is 0.942. The number of H-pyrrole nitrogens is 1. The van der Waals surface area contributed by atoms with Crippen LogP contribution in [0.4, 0.5) is 5.82 Å². The quantitative estimate of drug-likeness (QED) is 0.795. The highest BCUT2D eigenvalue weighted by atomic mass is 35.5. The molecule has 0 bridgehead atoms. The minimum Gasteiger partial charge on any atom is -0.375 e. The number of fused-ring (bicyclic) bond motifs is 1. The first kappa shape index (κ1) is 18.7. The van der Waals surface area contributed by atoms with Crippen LogP contribution in [0.1, 0.15) is 49.1 Å². The summed E-state index contributed by atoms with van der Waals surface area (Å²) in [6.45, 7) is 4.70. The Morgan fingerprint density at radius 1 is 1.30 bits per heavy atom. The number of halogens is 1. The fraction of sp³-hybridized carbons (Fsp3) is 0.474. The van der Waals surface area contributed by atoms with Gasteiger partial charge in [0.15, 0.2) is 0 Å². The number of nitrogens with one attached hydrogen (secondary N) is 2.